The standard InChI is InChI=1S/C13H24N2O2/c1-10-3-4-12(17-10)5-6-13(16)15(2)11-7-8-14-9-11/h10-12,14H,3-9H2,1-2H3. The van der Waals surface area contributed by atoms with Crippen molar-refractivity contribution < 1.29 is 9.53 Å². The Morgan fingerprint density at radius 1 is 1.41 bits per heavy atom. The minimum absolute atomic E-state index is 0.266. The van der Waals surface area contributed by atoms with Gasteiger partial charge in [0.15, 0.2) is 0 Å². The monoisotopic (exact) mass is 240 g/mol. The summed E-state index contributed by atoms with van der Waals surface area (Å²) in [6.07, 6.45) is 5.54. The quantitative estimate of drug-likeness (QED) is 0.801. The molecule has 0 aromatic rings. The van der Waals surface area contributed by atoms with Gasteiger partial charge in [0, 0.05) is 26.1 Å². The number of carbonyl (C=O) groups is 1. The third-order valence-corrected chi connectivity index (χ3v) is 3.98. The van der Waals surface area contributed by atoms with E-state index in [4.69, 9.17) is 4.74 Å². The molecule has 2 fully saturated rings. The maximum absolute atomic E-state index is 12.0. The number of hydrogen-bond donors (Lipinski definition) is 1. The zero-order valence-electron chi connectivity index (χ0n) is 10.9. The summed E-state index contributed by atoms with van der Waals surface area (Å²) in [4.78, 5) is 13.9. The van der Waals surface area contributed by atoms with E-state index in [1.165, 1.54) is 0 Å². The molecule has 2 aliphatic heterocycles. The average molecular weight is 240 g/mol. The molecule has 0 saturated carbocycles. The second kappa shape index (κ2) is 5.83. The summed E-state index contributed by atoms with van der Waals surface area (Å²) < 4.78 is 5.73. The lowest BCUT2D eigenvalue weighted by molar-refractivity contribution is -0.132. The van der Waals surface area contributed by atoms with Crippen LogP contribution in [0.3, 0.4) is 0 Å². The molecule has 3 unspecified atom stereocenters. The van der Waals surface area contributed by atoms with Crippen LogP contribution in [-0.4, -0.2) is 49.2 Å². The van der Waals surface area contributed by atoms with E-state index in [9.17, 15) is 4.79 Å². The van der Waals surface area contributed by atoms with Gasteiger partial charge in [-0.2, -0.15) is 0 Å². The molecule has 0 bridgehead atoms. The molecule has 4 nitrogen and oxygen atoms in total. The van der Waals surface area contributed by atoms with E-state index in [0.29, 0.717) is 24.7 Å². The summed E-state index contributed by atoms with van der Waals surface area (Å²) in [6, 6.07) is 0.394. The first-order valence-electron chi connectivity index (χ1n) is 6.78. The molecule has 2 rings (SSSR count). The Kier molecular flexibility index (Phi) is 4.40. The first-order chi connectivity index (χ1) is 8.16. The van der Waals surface area contributed by atoms with Gasteiger partial charge in [0.05, 0.1) is 12.2 Å². The van der Waals surface area contributed by atoms with Crippen molar-refractivity contribution in [2.75, 3.05) is 20.1 Å². The highest BCUT2D eigenvalue weighted by Gasteiger charge is 2.26. The fourth-order valence-electron chi connectivity index (χ4n) is 2.73. The fourth-order valence-corrected chi connectivity index (χ4v) is 2.73. The van der Waals surface area contributed by atoms with Crippen molar-refractivity contribution in [3.63, 3.8) is 0 Å². The Labute approximate surface area is 104 Å². The van der Waals surface area contributed by atoms with E-state index in [1.54, 1.807) is 0 Å². The summed E-state index contributed by atoms with van der Waals surface area (Å²) in [7, 11) is 1.93. The van der Waals surface area contributed by atoms with Gasteiger partial charge in [-0.15, -0.1) is 0 Å². The van der Waals surface area contributed by atoms with Crippen molar-refractivity contribution in [3.05, 3.63) is 0 Å². The first kappa shape index (κ1) is 12.8. The Morgan fingerprint density at radius 2 is 2.24 bits per heavy atom. The van der Waals surface area contributed by atoms with Crippen LogP contribution in [0.1, 0.15) is 39.0 Å². The largest absolute Gasteiger partial charge is 0.375 e. The van der Waals surface area contributed by atoms with Crippen LogP contribution in [0.25, 0.3) is 0 Å². The number of hydrogen-bond acceptors (Lipinski definition) is 3. The van der Waals surface area contributed by atoms with Gasteiger partial charge in [-0.3, -0.25) is 4.79 Å². The molecule has 2 heterocycles. The van der Waals surface area contributed by atoms with E-state index in [2.05, 4.69) is 12.2 Å². The molecule has 3 atom stereocenters. The number of nitrogens with one attached hydrogen (secondary N) is 1. The van der Waals surface area contributed by atoms with Gasteiger partial charge in [0.1, 0.15) is 0 Å². The Hall–Kier alpha value is -0.610. The van der Waals surface area contributed by atoms with E-state index in [-0.39, 0.29) is 5.91 Å². The van der Waals surface area contributed by atoms with Crippen LogP contribution in [0.2, 0.25) is 0 Å². The third kappa shape index (κ3) is 3.42. The van der Waals surface area contributed by atoms with Crippen molar-refractivity contribution in [1.29, 1.82) is 0 Å². The lowest BCUT2D eigenvalue weighted by atomic mass is 10.1. The number of carbonyl (C=O) groups excluding carboxylic acids is 1. The number of amides is 1. The van der Waals surface area contributed by atoms with Gasteiger partial charge in [-0.25, -0.2) is 0 Å². The molecule has 0 radical (unpaired) electrons. The molecule has 0 aromatic heterocycles. The zero-order chi connectivity index (χ0) is 12.3. The van der Waals surface area contributed by atoms with Crippen LogP contribution >= 0.6 is 0 Å². The van der Waals surface area contributed by atoms with Crippen molar-refractivity contribution >= 4 is 5.91 Å². The summed E-state index contributed by atoms with van der Waals surface area (Å²) in [6.45, 7) is 4.09. The zero-order valence-corrected chi connectivity index (χ0v) is 10.9. The second-order valence-corrected chi connectivity index (χ2v) is 5.34. The predicted octanol–water partition coefficient (Wildman–Crippen LogP) is 1.15. The van der Waals surface area contributed by atoms with Gasteiger partial charge < -0.3 is 15.0 Å². The number of rotatable bonds is 4. The van der Waals surface area contributed by atoms with Crippen LogP contribution < -0.4 is 5.32 Å². The highest BCUT2D eigenvalue weighted by molar-refractivity contribution is 5.76. The van der Waals surface area contributed by atoms with Crippen LogP contribution in [-0.2, 0) is 9.53 Å². The SMILES string of the molecule is CC1CCC(CCC(=O)N(C)C2CCNC2)O1. The van der Waals surface area contributed by atoms with Crippen molar-refractivity contribution in [2.24, 2.45) is 0 Å². The number of ether oxygens (including phenoxy) is 1. The molecular weight excluding hydrogens is 216 g/mol. The van der Waals surface area contributed by atoms with Crippen LogP contribution in [0.5, 0.6) is 0 Å². The maximum atomic E-state index is 12.0. The Balaban J connectivity index is 1.69. The minimum atomic E-state index is 0.266. The summed E-state index contributed by atoms with van der Waals surface area (Å²) in [5, 5.41) is 3.29. The maximum Gasteiger partial charge on any atom is 0.222 e. The van der Waals surface area contributed by atoms with E-state index < -0.39 is 0 Å². The predicted molar refractivity (Wildman–Crippen MR) is 66.8 cm³/mol. The highest BCUT2D eigenvalue weighted by Crippen LogP contribution is 2.23. The molecule has 0 aliphatic carbocycles. The van der Waals surface area contributed by atoms with E-state index in [0.717, 1.165) is 38.8 Å². The number of likely N-dealkylation sites (N-methyl/N-ethyl adjacent to an activating group) is 1. The third-order valence-electron chi connectivity index (χ3n) is 3.98. The Bertz CT molecular complexity index is 264. The first-order valence-corrected chi connectivity index (χ1v) is 6.78. The molecular formula is C13H24N2O2. The summed E-state index contributed by atoms with van der Waals surface area (Å²) in [5.74, 6) is 0.266. The Morgan fingerprint density at radius 3 is 2.82 bits per heavy atom. The topological polar surface area (TPSA) is 41.6 Å². The lowest BCUT2D eigenvalue weighted by Gasteiger charge is -2.24. The molecule has 1 amide bonds. The van der Waals surface area contributed by atoms with Gasteiger partial charge >= 0.3 is 0 Å². The molecule has 17 heavy (non-hydrogen) atoms. The summed E-state index contributed by atoms with van der Waals surface area (Å²) >= 11 is 0. The van der Waals surface area contributed by atoms with Crippen LogP contribution in [0.4, 0.5) is 0 Å². The van der Waals surface area contributed by atoms with E-state index >= 15 is 0 Å². The van der Waals surface area contributed by atoms with Gasteiger partial charge in [-0.1, -0.05) is 0 Å². The van der Waals surface area contributed by atoms with Crippen LogP contribution in [0, 0.1) is 0 Å². The van der Waals surface area contributed by atoms with E-state index in [1.807, 2.05) is 11.9 Å². The molecule has 0 aromatic carbocycles. The molecule has 4 heteroatoms. The molecule has 98 valence electrons. The van der Waals surface area contributed by atoms with Crippen LogP contribution in [0.15, 0.2) is 0 Å². The molecule has 0 spiro atoms. The normalized spacial score (nSPS) is 32.9. The van der Waals surface area contributed by atoms with Crippen molar-refractivity contribution in [3.8, 4) is 0 Å². The lowest BCUT2D eigenvalue weighted by Crippen LogP contribution is -2.38. The smallest absolute Gasteiger partial charge is 0.222 e. The van der Waals surface area contributed by atoms with Gasteiger partial charge in [0.2, 0.25) is 5.91 Å². The molecule has 1 N–H and O–H groups in total. The van der Waals surface area contributed by atoms with Crippen molar-refractivity contribution in [1.82, 2.24) is 10.2 Å². The average Bonchev–Trinajstić information content (AvgIpc) is 2.95. The van der Waals surface area contributed by atoms with Gasteiger partial charge in [0.25, 0.3) is 0 Å². The van der Waals surface area contributed by atoms with Crippen molar-refractivity contribution in [2.45, 2.75) is 57.3 Å². The van der Waals surface area contributed by atoms with Gasteiger partial charge in [-0.05, 0) is 39.2 Å². The highest BCUT2D eigenvalue weighted by atomic mass is 16.5. The minimum Gasteiger partial charge on any atom is -0.375 e. The fraction of sp³-hybridized carbons (Fsp3) is 0.923. The molecule has 2 aliphatic rings. The second-order valence-electron chi connectivity index (χ2n) is 5.34. The molecule has 2 saturated heterocycles. The number of nitrogens with zero attached hydrogens (tertiary/aromatic N) is 1. The summed E-state index contributed by atoms with van der Waals surface area (Å²) in [5.41, 5.74) is 0.